The van der Waals surface area contributed by atoms with Gasteiger partial charge in [0.2, 0.25) is 0 Å². The Morgan fingerprint density at radius 1 is 0.903 bits per heavy atom. The number of halogens is 1. The van der Waals surface area contributed by atoms with Crippen molar-refractivity contribution in [1.82, 2.24) is 5.32 Å². The number of carbonyl (C=O) groups excluding carboxylic acids is 1. The van der Waals surface area contributed by atoms with Crippen LogP contribution in [0.4, 0.5) is 5.69 Å². The molecule has 0 bridgehead atoms. The number of hydrogen-bond donors (Lipinski definition) is 2. The molecule has 0 radical (unpaired) electrons. The Hall–Kier alpha value is -2.83. The molecule has 1 atom stereocenters. The van der Waals surface area contributed by atoms with Gasteiger partial charge in [-0.15, -0.1) is 0 Å². The monoisotopic (exact) mass is 456 g/mol. The van der Waals surface area contributed by atoms with E-state index in [0.29, 0.717) is 0 Å². The van der Waals surface area contributed by atoms with E-state index in [2.05, 4.69) is 29.1 Å². The zero-order valence-electron chi connectivity index (χ0n) is 17.9. The van der Waals surface area contributed by atoms with Crippen LogP contribution in [0.5, 0.6) is 0 Å². The van der Waals surface area contributed by atoms with Gasteiger partial charge in [-0.25, -0.2) is 8.42 Å². The molecule has 0 fully saturated rings. The maximum absolute atomic E-state index is 12.9. The van der Waals surface area contributed by atoms with E-state index < -0.39 is 10.0 Å². The largest absolute Gasteiger partial charge is 0.345 e. The first kappa shape index (κ1) is 22.8. The molecule has 2 N–H and O–H groups in total. The third-order valence-electron chi connectivity index (χ3n) is 5.21. The molecule has 3 rings (SSSR count). The van der Waals surface area contributed by atoms with Crippen LogP contribution < -0.4 is 10.0 Å². The molecule has 0 aliphatic carbocycles. The highest BCUT2D eigenvalue weighted by molar-refractivity contribution is 7.92. The second kappa shape index (κ2) is 9.12. The van der Waals surface area contributed by atoms with E-state index >= 15 is 0 Å². The molecule has 0 aliphatic heterocycles. The molecule has 0 saturated heterocycles. The molecule has 7 heteroatoms. The number of benzene rings is 3. The normalized spacial score (nSPS) is 12.3. The number of carbonyl (C=O) groups is 1. The van der Waals surface area contributed by atoms with Gasteiger partial charge in [0.05, 0.1) is 21.5 Å². The van der Waals surface area contributed by atoms with Gasteiger partial charge in [-0.05, 0) is 80.3 Å². The second-order valence-electron chi connectivity index (χ2n) is 7.60. The van der Waals surface area contributed by atoms with Gasteiger partial charge in [-0.3, -0.25) is 9.52 Å². The van der Waals surface area contributed by atoms with Crippen molar-refractivity contribution < 1.29 is 13.2 Å². The summed E-state index contributed by atoms with van der Waals surface area (Å²) in [6.07, 6.45) is 0. The summed E-state index contributed by atoms with van der Waals surface area (Å²) in [6.45, 7) is 8.00. The van der Waals surface area contributed by atoms with Crippen LogP contribution in [0.2, 0.25) is 5.02 Å². The van der Waals surface area contributed by atoms with E-state index in [1.807, 2.05) is 20.8 Å². The van der Waals surface area contributed by atoms with Crippen molar-refractivity contribution in [2.75, 3.05) is 4.72 Å². The maximum Gasteiger partial charge on any atom is 0.261 e. The van der Waals surface area contributed by atoms with Crippen molar-refractivity contribution in [3.05, 3.63) is 93.5 Å². The Morgan fingerprint density at radius 2 is 1.55 bits per heavy atom. The number of aryl methyl sites for hydroxylation is 3. The Morgan fingerprint density at radius 3 is 2.23 bits per heavy atom. The van der Waals surface area contributed by atoms with Crippen molar-refractivity contribution in [1.29, 1.82) is 0 Å². The summed E-state index contributed by atoms with van der Waals surface area (Å²) in [7, 11) is -3.77. The zero-order valence-corrected chi connectivity index (χ0v) is 19.4. The van der Waals surface area contributed by atoms with Gasteiger partial charge < -0.3 is 5.32 Å². The Labute approximate surface area is 188 Å². The van der Waals surface area contributed by atoms with Crippen LogP contribution in [-0.4, -0.2) is 14.3 Å². The van der Waals surface area contributed by atoms with Crippen molar-refractivity contribution in [2.45, 2.75) is 38.6 Å². The van der Waals surface area contributed by atoms with Crippen LogP contribution >= 0.6 is 11.6 Å². The smallest absolute Gasteiger partial charge is 0.261 e. The van der Waals surface area contributed by atoms with Gasteiger partial charge in [-0.2, -0.15) is 0 Å². The number of anilines is 1. The van der Waals surface area contributed by atoms with Gasteiger partial charge >= 0.3 is 0 Å². The SMILES string of the molecule is Cc1cc(C)c([C@H](C)NC(=O)c2cc(NS(=O)(=O)c3ccccc3)ccc2Cl)cc1C. The lowest BCUT2D eigenvalue weighted by atomic mass is 9.96. The second-order valence-corrected chi connectivity index (χ2v) is 9.69. The standard InChI is InChI=1S/C24H25ClN2O3S/c1-15-12-17(3)21(13-16(15)2)18(4)26-24(28)22-14-19(10-11-23(22)25)27-31(29,30)20-8-6-5-7-9-20/h5-14,18,27H,1-4H3,(H,26,28)/t18-/m0/s1. The first-order valence-electron chi connectivity index (χ1n) is 9.84. The molecule has 5 nitrogen and oxygen atoms in total. The minimum absolute atomic E-state index is 0.134. The zero-order chi connectivity index (χ0) is 22.8. The average molecular weight is 457 g/mol. The van der Waals surface area contributed by atoms with Crippen molar-refractivity contribution in [3.8, 4) is 0 Å². The number of nitrogens with one attached hydrogen (secondary N) is 2. The van der Waals surface area contributed by atoms with Crippen molar-refractivity contribution in [3.63, 3.8) is 0 Å². The average Bonchev–Trinajstić information content (AvgIpc) is 2.72. The van der Waals surface area contributed by atoms with E-state index in [4.69, 9.17) is 11.6 Å². The fourth-order valence-corrected chi connectivity index (χ4v) is 4.65. The Bertz CT molecular complexity index is 1230. The number of amides is 1. The van der Waals surface area contributed by atoms with E-state index in [-0.39, 0.29) is 33.1 Å². The molecule has 3 aromatic rings. The van der Waals surface area contributed by atoms with Crippen molar-refractivity contribution >= 4 is 33.2 Å². The summed E-state index contributed by atoms with van der Waals surface area (Å²) >= 11 is 6.25. The summed E-state index contributed by atoms with van der Waals surface area (Å²) in [6, 6.07) is 16.4. The topological polar surface area (TPSA) is 75.3 Å². The molecular weight excluding hydrogens is 432 g/mol. The first-order chi connectivity index (χ1) is 14.6. The van der Waals surface area contributed by atoms with Gasteiger partial charge in [0, 0.05) is 5.69 Å². The Balaban J connectivity index is 1.83. The summed E-state index contributed by atoms with van der Waals surface area (Å²) in [5, 5.41) is 3.20. The fourth-order valence-electron chi connectivity index (χ4n) is 3.38. The van der Waals surface area contributed by atoms with E-state index in [9.17, 15) is 13.2 Å². The maximum atomic E-state index is 12.9. The molecule has 0 saturated carbocycles. The summed E-state index contributed by atoms with van der Waals surface area (Å²) < 4.78 is 27.7. The van der Waals surface area contributed by atoms with Crippen LogP contribution in [0, 0.1) is 20.8 Å². The first-order valence-corrected chi connectivity index (χ1v) is 11.7. The summed E-state index contributed by atoms with van der Waals surface area (Å²) in [5.74, 6) is -0.379. The molecule has 0 spiro atoms. The van der Waals surface area contributed by atoms with E-state index in [1.165, 1.54) is 35.9 Å². The highest BCUT2D eigenvalue weighted by atomic mass is 35.5. The van der Waals surface area contributed by atoms with E-state index in [1.54, 1.807) is 18.2 Å². The van der Waals surface area contributed by atoms with Crippen LogP contribution in [0.1, 0.15) is 45.6 Å². The lowest BCUT2D eigenvalue weighted by Crippen LogP contribution is -2.27. The highest BCUT2D eigenvalue weighted by Gasteiger charge is 2.19. The van der Waals surface area contributed by atoms with Gasteiger partial charge in [0.15, 0.2) is 0 Å². The highest BCUT2D eigenvalue weighted by Crippen LogP contribution is 2.25. The fraction of sp³-hybridized carbons (Fsp3) is 0.208. The van der Waals surface area contributed by atoms with Crippen LogP contribution in [0.25, 0.3) is 0 Å². The Kier molecular flexibility index (Phi) is 6.72. The molecule has 0 unspecified atom stereocenters. The molecule has 3 aromatic carbocycles. The van der Waals surface area contributed by atoms with Crippen LogP contribution in [0.15, 0.2) is 65.6 Å². The molecule has 0 heterocycles. The van der Waals surface area contributed by atoms with Crippen LogP contribution in [-0.2, 0) is 10.0 Å². The lowest BCUT2D eigenvalue weighted by Gasteiger charge is -2.19. The lowest BCUT2D eigenvalue weighted by molar-refractivity contribution is 0.0940. The molecule has 0 aliphatic rings. The van der Waals surface area contributed by atoms with Crippen LogP contribution in [0.3, 0.4) is 0 Å². The number of sulfonamides is 1. The summed E-state index contributed by atoms with van der Waals surface area (Å²) in [4.78, 5) is 13.1. The number of hydrogen-bond acceptors (Lipinski definition) is 3. The quantitative estimate of drug-likeness (QED) is 0.510. The number of rotatable bonds is 6. The predicted octanol–water partition coefficient (Wildman–Crippen LogP) is 5.56. The third kappa shape index (κ3) is 5.27. The molecule has 162 valence electrons. The summed E-state index contributed by atoms with van der Waals surface area (Å²) in [5.41, 5.74) is 4.91. The van der Waals surface area contributed by atoms with Crippen molar-refractivity contribution in [2.24, 2.45) is 0 Å². The van der Waals surface area contributed by atoms with E-state index in [0.717, 1.165) is 16.7 Å². The molecular formula is C24H25ClN2O3S. The molecule has 0 aromatic heterocycles. The van der Waals surface area contributed by atoms with Gasteiger partial charge in [0.25, 0.3) is 15.9 Å². The minimum Gasteiger partial charge on any atom is -0.345 e. The molecule has 31 heavy (non-hydrogen) atoms. The van der Waals surface area contributed by atoms with Gasteiger partial charge in [0.1, 0.15) is 0 Å². The molecule has 1 amide bonds. The minimum atomic E-state index is -3.77. The predicted molar refractivity (Wildman–Crippen MR) is 125 cm³/mol. The van der Waals surface area contributed by atoms with Gasteiger partial charge in [-0.1, -0.05) is 41.9 Å². The third-order valence-corrected chi connectivity index (χ3v) is 6.94.